The van der Waals surface area contributed by atoms with Gasteiger partial charge in [-0.05, 0) is 18.4 Å². The molecule has 2 N–H and O–H groups in total. The summed E-state index contributed by atoms with van der Waals surface area (Å²) in [4.78, 5) is 0.210. The summed E-state index contributed by atoms with van der Waals surface area (Å²) in [6.45, 7) is 5.34. The van der Waals surface area contributed by atoms with Crippen LogP contribution in [0.1, 0.15) is 50.7 Å². The minimum Gasteiger partial charge on any atom is -0.389 e. The van der Waals surface area contributed by atoms with Crippen molar-refractivity contribution in [3.05, 3.63) is 35.1 Å². The van der Waals surface area contributed by atoms with Gasteiger partial charge in [-0.2, -0.15) is 0 Å². The van der Waals surface area contributed by atoms with Crippen LogP contribution < -0.4 is 5.73 Å². The third-order valence-electron chi connectivity index (χ3n) is 3.49. The molecule has 0 aliphatic rings. The van der Waals surface area contributed by atoms with E-state index < -0.39 is 0 Å². The van der Waals surface area contributed by atoms with Gasteiger partial charge in [0.25, 0.3) is 0 Å². The second kappa shape index (κ2) is 9.03. The molecule has 1 rings (SSSR count). The minimum absolute atomic E-state index is 0.210. The summed E-state index contributed by atoms with van der Waals surface area (Å²) < 4.78 is 19.5. The van der Waals surface area contributed by atoms with Crippen molar-refractivity contribution in [3.63, 3.8) is 0 Å². The van der Waals surface area contributed by atoms with Crippen LogP contribution in [0.15, 0.2) is 18.2 Å². The van der Waals surface area contributed by atoms with Crippen LogP contribution in [0.4, 0.5) is 4.39 Å². The van der Waals surface area contributed by atoms with Crippen molar-refractivity contribution < 1.29 is 9.13 Å². The first-order valence-electron chi connectivity index (χ1n) is 7.24. The zero-order valence-electron chi connectivity index (χ0n) is 12.3. The fourth-order valence-electron chi connectivity index (χ4n) is 2.05. The van der Waals surface area contributed by atoms with E-state index in [4.69, 9.17) is 22.7 Å². The molecule has 2 nitrogen and oxygen atoms in total. The molecule has 0 saturated carbocycles. The summed E-state index contributed by atoms with van der Waals surface area (Å²) in [5.41, 5.74) is 6.57. The second-order valence-corrected chi connectivity index (χ2v) is 5.54. The molecule has 20 heavy (non-hydrogen) atoms. The zero-order valence-corrected chi connectivity index (χ0v) is 13.1. The molecule has 0 bridgehead atoms. The minimum atomic E-state index is -0.308. The van der Waals surface area contributed by atoms with Gasteiger partial charge in [0.05, 0.1) is 6.61 Å². The molecule has 112 valence electrons. The van der Waals surface area contributed by atoms with Crippen molar-refractivity contribution in [3.8, 4) is 0 Å². The molecule has 4 heteroatoms. The molecule has 0 aliphatic heterocycles. The van der Waals surface area contributed by atoms with Crippen molar-refractivity contribution >= 4 is 17.2 Å². The van der Waals surface area contributed by atoms with Crippen LogP contribution in [-0.2, 0) is 11.3 Å². The number of rotatable bonds is 9. The van der Waals surface area contributed by atoms with E-state index in [1.807, 2.05) is 0 Å². The predicted octanol–water partition coefficient (Wildman–Crippen LogP) is 4.19. The van der Waals surface area contributed by atoms with E-state index in [0.29, 0.717) is 30.3 Å². The largest absolute Gasteiger partial charge is 0.389 e. The number of unbranched alkanes of at least 4 members (excludes halogenated alkanes) is 1. The number of benzene rings is 1. The lowest BCUT2D eigenvalue weighted by Crippen LogP contribution is -2.11. The Hall–Kier alpha value is -1.00. The lowest BCUT2D eigenvalue weighted by atomic mass is 10.0. The first kappa shape index (κ1) is 17.1. The van der Waals surface area contributed by atoms with E-state index >= 15 is 0 Å². The highest BCUT2D eigenvalue weighted by atomic mass is 32.1. The molecule has 1 aromatic carbocycles. The molecule has 1 atom stereocenters. The number of nitrogens with two attached hydrogens (primary N) is 1. The Kier molecular flexibility index (Phi) is 7.70. The van der Waals surface area contributed by atoms with E-state index in [1.54, 1.807) is 12.1 Å². The summed E-state index contributed by atoms with van der Waals surface area (Å²) in [7, 11) is 0. The van der Waals surface area contributed by atoms with Gasteiger partial charge in [-0.15, -0.1) is 0 Å². The standard InChI is InChI=1S/C16H24FNOS/c1-3-5-6-12(4-2)10-19-11-14-8-7-13(16(18)20)9-15(14)17/h7-9,12H,3-6,10-11H2,1-2H3,(H2,18,20). The highest BCUT2D eigenvalue weighted by molar-refractivity contribution is 7.80. The monoisotopic (exact) mass is 297 g/mol. The molecule has 0 aromatic heterocycles. The first-order chi connectivity index (χ1) is 9.58. The lowest BCUT2D eigenvalue weighted by molar-refractivity contribution is 0.0802. The Balaban J connectivity index is 2.47. The van der Waals surface area contributed by atoms with Crippen LogP contribution in [0.5, 0.6) is 0 Å². The normalized spacial score (nSPS) is 12.3. The Bertz CT molecular complexity index is 436. The van der Waals surface area contributed by atoms with Gasteiger partial charge in [-0.1, -0.05) is 57.5 Å². The highest BCUT2D eigenvalue weighted by Crippen LogP contribution is 2.16. The van der Waals surface area contributed by atoms with E-state index in [0.717, 1.165) is 6.42 Å². The maximum atomic E-state index is 13.8. The van der Waals surface area contributed by atoms with Crippen LogP contribution in [0.25, 0.3) is 0 Å². The SMILES string of the molecule is CCCCC(CC)COCc1ccc(C(N)=S)cc1F. The number of ether oxygens (including phenoxy) is 1. The molecule has 0 aliphatic carbocycles. The maximum Gasteiger partial charge on any atom is 0.129 e. The molecular formula is C16H24FNOS. The van der Waals surface area contributed by atoms with E-state index in [2.05, 4.69) is 13.8 Å². The predicted molar refractivity (Wildman–Crippen MR) is 85.2 cm³/mol. The lowest BCUT2D eigenvalue weighted by Gasteiger charge is -2.15. The maximum absolute atomic E-state index is 13.8. The average Bonchev–Trinajstić information content (AvgIpc) is 2.43. The average molecular weight is 297 g/mol. The number of halogens is 1. The van der Waals surface area contributed by atoms with Crippen LogP contribution in [0, 0.1) is 11.7 Å². The molecule has 0 saturated heterocycles. The van der Waals surface area contributed by atoms with Gasteiger partial charge in [-0.25, -0.2) is 4.39 Å². The van der Waals surface area contributed by atoms with Gasteiger partial charge < -0.3 is 10.5 Å². The summed E-state index contributed by atoms with van der Waals surface area (Å²) in [5, 5.41) is 0. The second-order valence-electron chi connectivity index (χ2n) is 5.10. The van der Waals surface area contributed by atoms with Gasteiger partial charge in [0, 0.05) is 17.7 Å². The van der Waals surface area contributed by atoms with Gasteiger partial charge in [0.15, 0.2) is 0 Å². The fraction of sp³-hybridized carbons (Fsp3) is 0.562. The Morgan fingerprint density at radius 1 is 1.40 bits per heavy atom. The smallest absolute Gasteiger partial charge is 0.129 e. The number of hydrogen-bond acceptors (Lipinski definition) is 2. The third-order valence-corrected chi connectivity index (χ3v) is 3.73. The van der Waals surface area contributed by atoms with Crippen molar-refractivity contribution in [2.75, 3.05) is 6.61 Å². The van der Waals surface area contributed by atoms with Crippen LogP contribution in [0.3, 0.4) is 0 Å². The molecule has 0 radical (unpaired) electrons. The van der Waals surface area contributed by atoms with Crippen LogP contribution >= 0.6 is 12.2 Å². The van der Waals surface area contributed by atoms with Crippen molar-refractivity contribution in [2.45, 2.75) is 46.1 Å². The molecule has 1 aromatic rings. The van der Waals surface area contributed by atoms with E-state index in [1.165, 1.54) is 25.3 Å². The van der Waals surface area contributed by atoms with E-state index in [9.17, 15) is 4.39 Å². The quantitative estimate of drug-likeness (QED) is 0.694. The third kappa shape index (κ3) is 5.55. The molecule has 0 heterocycles. The molecule has 0 amide bonds. The number of thiocarbonyl (C=S) groups is 1. The molecule has 0 spiro atoms. The van der Waals surface area contributed by atoms with Gasteiger partial charge in [0.1, 0.15) is 10.8 Å². The topological polar surface area (TPSA) is 35.2 Å². The Morgan fingerprint density at radius 3 is 2.70 bits per heavy atom. The summed E-state index contributed by atoms with van der Waals surface area (Å²) in [6, 6.07) is 4.80. The Morgan fingerprint density at radius 2 is 2.15 bits per heavy atom. The van der Waals surface area contributed by atoms with Crippen LogP contribution in [0.2, 0.25) is 0 Å². The highest BCUT2D eigenvalue weighted by Gasteiger charge is 2.08. The molecule has 0 fully saturated rings. The first-order valence-corrected chi connectivity index (χ1v) is 7.65. The number of hydrogen-bond donors (Lipinski definition) is 1. The molecule has 1 unspecified atom stereocenters. The zero-order chi connectivity index (χ0) is 15.0. The van der Waals surface area contributed by atoms with Crippen molar-refractivity contribution in [2.24, 2.45) is 11.7 Å². The van der Waals surface area contributed by atoms with Gasteiger partial charge >= 0.3 is 0 Å². The summed E-state index contributed by atoms with van der Waals surface area (Å²) in [5.74, 6) is 0.255. The van der Waals surface area contributed by atoms with E-state index in [-0.39, 0.29) is 10.8 Å². The van der Waals surface area contributed by atoms with Gasteiger partial charge in [-0.3, -0.25) is 0 Å². The van der Waals surface area contributed by atoms with Crippen molar-refractivity contribution in [1.82, 2.24) is 0 Å². The summed E-state index contributed by atoms with van der Waals surface area (Å²) in [6.07, 6.45) is 4.70. The Labute approximate surface area is 126 Å². The van der Waals surface area contributed by atoms with Crippen LogP contribution in [-0.4, -0.2) is 11.6 Å². The van der Waals surface area contributed by atoms with Crippen molar-refractivity contribution in [1.29, 1.82) is 0 Å². The fourth-order valence-corrected chi connectivity index (χ4v) is 2.18. The summed E-state index contributed by atoms with van der Waals surface area (Å²) >= 11 is 4.82. The van der Waals surface area contributed by atoms with Gasteiger partial charge in [0.2, 0.25) is 0 Å². The molecular weight excluding hydrogens is 273 g/mol.